The Bertz CT molecular complexity index is 280. The molecule has 3 heteroatoms. The van der Waals surface area contributed by atoms with Crippen LogP contribution in [-0.2, 0) is 0 Å². The minimum atomic E-state index is 0.749. The number of nitrogens with zero attached hydrogens (tertiary/aromatic N) is 2. The molecule has 0 amide bonds. The summed E-state index contributed by atoms with van der Waals surface area (Å²) in [5.41, 5.74) is 0. The molecule has 1 aliphatic carbocycles. The zero-order valence-electron chi connectivity index (χ0n) is 13.3. The van der Waals surface area contributed by atoms with Crippen LogP contribution in [0.15, 0.2) is 0 Å². The molecule has 2 saturated heterocycles. The third kappa shape index (κ3) is 3.55. The highest BCUT2D eigenvalue weighted by Gasteiger charge is 2.32. The lowest BCUT2D eigenvalue weighted by Crippen LogP contribution is -2.53. The van der Waals surface area contributed by atoms with E-state index in [-0.39, 0.29) is 0 Å². The van der Waals surface area contributed by atoms with Gasteiger partial charge in [0, 0.05) is 18.6 Å². The van der Waals surface area contributed by atoms with E-state index in [1.807, 2.05) is 0 Å². The Kier molecular flexibility index (Phi) is 5.36. The molecule has 0 aromatic rings. The average Bonchev–Trinajstić information content (AvgIpc) is 3.01. The summed E-state index contributed by atoms with van der Waals surface area (Å²) >= 11 is 0. The monoisotopic (exact) mass is 279 g/mol. The molecule has 20 heavy (non-hydrogen) atoms. The van der Waals surface area contributed by atoms with Crippen LogP contribution in [0, 0.1) is 5.92 Å². The maximum atomic E-state index is 3.57. The molecular formula is C17H33N3. The summed E-state index contributed by atoms with van der Waals surface area (Å²) in [5, 5.41) is 3.57. The number of likely N-dealkylation sites (tertiary alicyclic amines) is 2. The Balaban J connectivity index is 1.45. The van der Waals surface area contributed by atoms with Gasteiger partial charge in [0.05, 0.1) is 0 Å². The summed E-state index contributed by atoms with van der Waals surface area (Å²) in [5.74, 6) is 0.973. The fourth-order valence-corrected chi connectivity index (χ4v) is 4.68. The number of piperidine rings is 1. The summed E-state index contributed by atoms with van der Waals surface area (Å²) in [6, 6.07) is 1.57. The van der Waals surface area contributed by atoms with Crippen molar-refractivity contribution in [1.29, 1.82) is 0 Å². The Morgan fingerprint density at radius 2 is 1.55 bits per heavy atom. The van der Waals surface area contributed by atoms with Crippen molar-refractivity contribution < 1.29 is 0 Å². The largest absolute Gasteiger partial charge is 0.315 e. The molecule has 0 aromatic carbocycles. The molecule has 3 nitrogen and oxygen atoms in total. The van der Waals surface area contributed by atoms with Gasteiger partial charge in [0.15, 0.2) is 0 Å². The summed E-state index contributed by atoms with van der Waals surface area (Å²) in [4.78, 5) is 5.51. The van der Waals surface area contributed by atoms with Crippen molar-refractivity contribution in [2.24, 2.45) is 5.92 Å². The molecule has 2 heterocycles. The van der Waals surface area contributed by atoms with Crippen LogP contribution in [0.1, 0.15) is 51.4 Å². The second kappa shape index (κ2) is 7.24. The Hall–Kier alpha value is -0.120. The second-order valence-electron chi connectivity index (χ2n) is 7.23. The lowest BCUT2D eigenvalue weighted by atomic mass is 9.86. The van der Waals surface area contributed by atoms with E-state index in [0.29, 0.717) is 0 Å². The van der Waals surface area contributed by atoms with Crippen molar-refractivity contribution in [3.63, 3.8) is 0 Å². The third-order valence-electron chi connectivity index (χ3n) is 5.93. The van der Waals surface area contributed by atoms with Gasteiger partial charge in [0.1, 0.15) is 0 Å². The van der Waals surface area contributed by atoms with Gasteiger partial charge in [-0.3, -0.25) is 4.90 Å². The van der Waals surface area contributed by atoms with Gasteiger partial charge >= 0.3 is 0 Å². The predicted octanol–water partition coefficient (Wildman–Crippen LogP) is 2.32. The van der Waals surface area contributed by atoms with Crippen LogP contribution in [0.3, 0.4) is 0 Å². The normalized spacial score (nSPS) is 34.6. The molecule has 1 saturated carbocycles. The highest BCUT2D eigenvalue weighted by molar-refractivity contribution is 4.90. The smallest absolute Gasteiger partial charge is 0.0249 e. The molecule has 0 bridgehead atoms. The van der Waals surface area contributed by atoms with Crippen molar-refractivity contribution in [3.8, 4) is 0 Å². The Labute approximate surface area is 125 Å². The van der Waals surface area contributed by atoms with Crippen LogP contribution < -0.4 is 5.32 Å². The molecule has 3 rings (SSSR count). The summed E-state index contributed by atoms with van der Waals surface area (Å²) in [6.45, 7) is 6.81. The fourth-order valence-electron chi connectivity index (χ4n) is 4.68. The van der Waals surface area contributed by atoms with Crippen molar-refractivity contribution >= 4 is 0 Å². The molecular weight excluding hydrogens is 246 g/mol. The molecule has 3 aliphatic rings. The first-order valence-electron chi connectivity index (χ1n) is 9.00. The summed E-state index contributed by atoms with van der Waals surface area (Å²) in [7, 11) is 2.16. The van der Waals surface area contributed by atoms with E-state index in [0.717, 1.165) is 18.0 Å². The summed E-state index contributed by atoms with van der Waals surface area (Å²) < 4.78 is 0. The molecule has 1 N–H and O–H groups in total. The van der Waals surface area contributed by atoms with Crippen LogP contribution in [0.2, 0.25) is 0 Å². The number of hydrogen-bond acceptors (Lipinski definition) is 3. The molecule has 0 aromatic heterocycles. The molecule has 0 radical (unpaired) electrons. The van der Waals surface area contributed by atoms with E-state index in [2.05, 4.69) is 22.2 Å². The standard InChI is InChI=1S/C17H33N3/c1-18-16-6-2-3-7-17(16)20-12-8-15(9-13-20)14-19-10-4-5-11-19/h15-18H,2-14H2,1H3. The number of rotatable bonds is 4. The van der Waals surface area contributed by atoms with E-state index in [1.54, 1.807) is 0 Å². The average molecular weight is 279 g/mol. The quantitative estimate of drug-likeness (QED) is 0.852. The van der Waals surface area contributed by atoms with Gasteiger partial charge in [-0.25, -0.2) is 0 Å². The predicted molar refractivity (Wildman–Crippen MR) is 85.1 cm³/mol. The van der Waals surface area contributed by atoms with Gasteiger partial charge in [0.2, 0.25) is 0 Å². The van der Waals surface area contributed by atoms with Crippen LogP contribution in [0.4, 0.5) is 0 Å². The van der Waals surface area contributed by atoms with Crippen LogP contribution in [-0.4, -0.2) is 61.7 Å². The SMILES string of the molecule is CNC1CCCCC1N1CCC(CN2CCCC2)CC1. The lowest BCUT2D eigenvalue weighted by molar-refractivity contribution is 0.0765. The van der Waals surface area contributed by atoms with Crippen molar-refractivity contribution in [1.82, 2.24) is 15.1 Å². The first-order chi connectivity index (χ1) is 9.86. The van der Waals surface area contributed by atoms with Gasteiger partial charge in [-0.1, -0.05) is 12.8 Å². The minimum Gasteiger partial charge on any atom is -0.315 e. The second-order valence-corrected chi connectivity index (χ2v) is 7.23. The van der Waals surface area contributed by atoms with Gasteiger partial charge in [-0.05, 0) is 77.7 Å². The Morgan fingerprint density at radius 3 is 2.25 bits per heavy atom. The van der Waals surface area contributed by atoms with E-state index in [1.165, 1.54) is 84.1 Å². The van der Waals surface area contributed by atoms with Crippen molar-refractivity contribution in [3.05, 3.63) is 0 Å². The molecule has 0 spiro atoms. The van der Waals surface area contributed by atoms with Gasteiger partial charge in [-0.2, -0.15) is 0 Å². The fraction of sp³-hybridized carbons (Fsp3) is 1.00. The van der Waals surface area contributed by atoms with Gasteiger partial charge < -0.3 is 10.2 Å². The molecule has 116 valence electrons. The van der Waals surface area contributed by atoms with E-state index >= 15 is 0 Å². The Morgan fingerprint density at radius 1 is 0.850 bits per heavy atom. The summed E-state index contributed by atoms with van der Waals surface area (Å²) in [6.07, 6.45) is 11.4. The minimum absolute atomic E-state index is 0.749. The maximum absolute atomic E-state index is 3.57. The van der Waals surface area contributed by atoms with Crippen LogP contribution >= 0.6 is 0 Å². The van der Waals surface area contributed by atoms with E-state index in [9.17, 15) is 0 Å². The molecule has 2 unspecified atom stereocenters. The lowest BCUT2D eigenvalue weighted by Gasteiger charge is -2.43. The topological polar surface area (TPSA) is 18.5 Å². The first-order valence-corrected chi connectivity index (χ1v) is 9.00. The third-order valence-corrected chi connectivity index (χ3v) is 5.93. The molecule has 3 fully saturated rings. The highest BCUT2D eigenvalue weighted by Crippen LogP contribution is 2.28. The van der Waals surface area contributed by atoms with Gasteiger partial charge in [0.25, 0.3) is 0 Å². The zero-order chi connectivity index (χ0) is 13.8. The molecule has 2 atom stereocenters. The van der Waals surface area contributed by atoms with Crippen LogP contribution in [0.25, 0.3) is 0 Å². The van der Waals surface area contributed by atoms with E-state index in [4.69, 9.17) is 0 Å². The van der Waals surface area contributed by atoms with Crippen LogP contribution in [0.5, 0.6) is 0 Å². The number of nitrogens with one attached hydrogen (secondary N) is 1. The van der Waals surface area contributed by atoms with Crippen molar-refractivity contribution in [2.45, 2.75) is 63.5 Å². The van der Waals surface area contributed by atoms with Gasteiger partial charge in [-0.15, -0.1) is 0 Å². The number of likely N-dealkylation sites (N-methyl/N-ethyl adjacent to an activating group) is 1. The van der Waals surface area contributed by atoms with Crippen molar-refractivity contribution in [2.75, 3.05) is 39.8 Å². The molecule has 2 aliphatic heterocycles. The zero-order valence-corrected chi connectivity index (χ0v) is 13.3. The first kappa shape index (κ1) is 14.8. The van der Waals surface area contributed by atoms with E-state index < -0.39 is 0 Å². The number of hydrogen-bond donors (Lipinski definition) is 1. The highest BCUT2D eigenvalue weighted by atomic mass is 15.2. The maximum Gasteiger partial charge on any atom is 0.0249 e.